The predicted octanol–water partition coefficient (Wildman–Crippen LogP) is 0.139. The molecular formula is C12H17N5O3. The van der Waals surface area contributed by atoms with E-state index in [0.717, 1.165) is 11.0 Å². The minimum absolute atomic E-state index is 0.142. The van der Waals surface area contributed by atoms with E-state index in [-0.39, 0.29) is 11.5 Å². The molecule has 0 unspecified atom stereocenters. The number of hydrogen-bond donors (Lipinski definition) is 2. The molecule has 0 aliphatic heterocycles. The van der Waals surface area contributed by atoms with Gasteiger partial charge in [-0.25, -0.2) is 4.79 Å². The van der Waals surface area contributed by atoms with E-state index in [9.17, 15) is 9.59 Å². The van der Waals surface area contributed by atoms with Crippen molar-refractivity contribution in [2.24, 2.45) is 7.05 Å². The number of hydrogen-bond acceptors (Lipinski definition) is 6. The molecule has 0 aromatic carbocycles. The van der Waals surface area contributed by atoms with Crippen molar-refractivity contribution in [2.75, 3.05) is 11.1 Å². The zero-order chi connectivity index (χ0) is 14.7. The summed E-state index contributed by atoms with van der Waals surface area (Å²) >= 11 is 0. The predicted molar refractivity (Wildman–Crippen MR) is 74.5 cm³/mol. The Morgan fingerprint density at radius 3 is 2.80 bits per heavy atom. The van der Waals surface area contributed by atoms with Crippen molar-refractivity contribution in [1.82, 2.24) is 14.3 Å². The Hall–Kier alpha value is -2.51. The van der Waals surface area contributed by atoms with Gasteiger partial charge in [0.15, 0.2) is 0 Å². The number of nitrogens with two attached hydrogens (primary N) is 1. The molecular weight excluding hydrogens is 262 g/mol. The fraction of sp³-hybridized carbons (Fsp3) is 0.417. The molecule has 8 nitrogen and oxygen atoms in total. The highest BCUT2D eigenvalue weighted by atomic mass is 16.5. The highest BCUT2D eigenvalue weighted by Crippen LogP contribution is 2.12. The minimum atomic E-state index is -0.455. The van der Waals surface area contributed by atoms with E-state index in [1.165, 1.54) is 17.9 Å². The van der Waals surface area contributed by atoms with Crippen LogP contribution in [-0.2, 0) is 20.1 Å². The number of nitrogens with zero attached hydrogens (tertiary/aromatic N) is 3. The van der Waals surface area contributed by atoms with E-state index in [4.69, 9.17) is 10.3 Å². The Labute approximate surface area is 114 Å². The van der Waals surface area contributed by atoms with Crippen molar-refractivity contribution in [3.05, 3.63) is 38.9 Å². The molecule has 108 valence electrons. The maximum absolute atomic E-state index is 12.1. The average Bonchev–Trinajstić information content (AvgIpc) is 2.94. The molecule has 0 amide bonds. The van der Waals surface area contributed by atoms with Crippen molar-refractivity contribution >= 4 is 11.5 Å². The van der Waals surface area contributed by atoms with Crippen molar-refractivity contribution in [2.45, 2.75) is 26.4 Å². The first-order chi connectivity index (χ1) is 9.56. The molecule has 0 saturated carbocycles. The van der Waals surface area contributed by atoms with Crippen LogP contribution in [-0.4, -0.2) is 14.3 Å². The van der Waals surface area contributed by atoms with Crippen LogP contribution >= 0.6 is 0 Å². The van der Waals surface area contributed by atoms with Gasteiger partial charge in [-0.15, -0.1) is 0 Å². The summed E-state index contributed by atoms with van der Waals surface area (Å²) in [6, 6.07) is 1.68. The summed E-state index contributed by atoms with van der Waals surface area (Å²) in [6.07, 6.45) is 2.18. The molecule has 0 aliphatic carbocycles. The molecule has 0 fully saturated rings. The van der Waals surface area contributed by atoms with Crippen LogP contribution < -0.4 is 22.3 Å². The summed E-state index contributed by atoms with van der Waals surface area (Å²) in [6.45, 7) is 2.68. The smallest absolute Gasteiger partial charge is 0.332 e. The third kappa shape index (κ3) is 2.44. The van der Waals surface area contributed by atoms with Gasteiger partial charge in [0.05, 0.1) is 6.54 Å². The number of anilines is 2. The molecule has 0 radical (unpaired) electrons. The van der Waals surface area contributed by atoms with Crippen LogP contribution in [0.4, 0.5) is 11.5 Å². The quantitative estimate of drug-likeness (QED) is 0.806. The van der Waals surface area contributed by atoms with Gasteiger partial charge in [-0.1, -0.05) is 12.1 Å². The van der Waals surface area contributed by atoms with E-state index in [1.54, 1.807) is 6.07 Å². The van der Waals surface area contributed by atoms with Crippen molar-refractivity contribution in [3.8, 4) is 0 Å². The molecule has 0 atom stereocenters. The van der Waals surface area contributed by atoms with Crippen molar-refractivity contribution in [1.29, 1.82) is 0 Å². The topological polar surface area (TPSA) is 108 Å². The highest BCUT2D eigenvalue weighted by Gasteiger charge is 2.14. The lowest BCUT2D eigenvalue weighted by Gasteiger charge is -2.15. The van der Waals surface area contributed by atoms with Gasteiger partial charge in [-0.3, -0.25) is 13.9 Å². The second kappa shape index (κ2) is 5.64. The SMILES string of the molecule is CCCn1c(N)c(NCc2ccon2)c(=O)n(C)c1=O. The second-order valence-electron chi connectivity index (χ2n) is 4.40. The Morgan fingerprint density at radius 1 is 1.45 bits per heavy atom. The van der Waals surface area contributed by atoms with Gasteiger partial charge >= 0.3 is 5.69 Å². The van der Waals surface area contributed by atoms with Crippen molar-refractivity contribution in [3.63, 3.8) is 0 Å². The Balaban J connectivity index is 2.41. The largest absolute Gasteiger partial charge is 0.383 e. The van der Waals surface area contributed by atoms with E-state index in [1.807, 2.05) is 6.92 Å². The maximum Gasteiger partial charge on any atom is 0.332 e. The maximum atomic E-state index is 12.1. The highest BCUT2D eigenvalue weighted by molar-refractivity contribution is 5.60. The monoisotopic (exact) mass is 279 g/mol. The number of nitrogen functional groups attached to an aromatic ring is 1. The third-order valence-corrected chi connectivity index (χ3v) is 2.97. The van der Waals surface area contributed by atoms with Crippen LogP contribution in [0.5, 0.6) is 0 Å². The first-order valence-electron chi connectivity index (χ1n) is 6.28. The molecule has 8 heteroatoms. The van der Waals surface area contributed by atoms with Crippen LogP contribution in [0, 0.1) is 0 Å². The van der Waals surface area contributed by atoms with Gasteiger partial charge in [-0.05, 0) is 6.42 Å². The van der Waals surface area contributed by atoms with Gasteiger partial charge in [-0.2, -0.15) is 0 Å². The summed E-state index contributed by atoms with van der Waals surface area (Å²) in [4.78, 5) is 24.1. The molecule has 2 rings (SSSR count). The van der Waals surface area contributed by atoms with Gasteiger partial charge in [0.25, 0.3) is 5.56 Å². The number of aromatic nitrogens is 3. The summed E-state index contributed by atoms with van der Waals surface area (Å²) in [5.74, 6) is 0.142. The summed E-state index contributed by atoms with van der Waals surface area (Å²) in [5.41, 5.74) is 5.89. The van der Waals surface area contributed by atoms with E-state index in [0.29, 0.717) is 18.8 Å². The lowest BCUT2D eigenvalue weighted by atomic mass is 10.3. The minimum Gasteiger partial charge on any atom is -0.383 e. The van der Waals surface area contributed by atoms with Crippen LogP contribution in [0.15, 0.2) is 26.4 Å². The zero-order valence-corrected chi connectivity index (χ0v) is 11.4. The van der Waals surface area contributed by atoms with E-state index >= 15 is 0 Å². The number of nitrogens with one attached hydrogen (secondary N) is 1. The third-order valence-electron chi connectivity index (χ3n) is 2.97. The fourth-order valence-corrected chi connectivity index (χ4v) is 1.90. The Bertz CT molecular complexity index is 699. The summed E-state index contributed by atoms with van der Waals surface area (Å²) in [5, 5.41) is 6.64. The standard InChI is InChI=1S/C12H17N5O3/c1-3-5-17-10(13)9(11(18)16(2)12(17)19)14-7-8-4-6-20-15-8/h4,6,14H,3,5,7,13H2,1-2H3. The Kier molecular flexibility index (Phi) is 3.92. The van der Waals surface area contributed by atoms with E-state index in [2.05, 4.69) is 10.5 Å². The first-order valence-corrected chi connectivity index (χ1v) is 6.28. The fourth-order valence-electron chi connectivity index (χ4n) is 1.90. The summed E-state index contributed by atoms with van der Waals surface area (Å²) in [7, 11) is 1.43. The zero-order valence-electron chi connectivity index (χ0n) is 11.4. The van der Waals surface area contributed by atoms with Crippen molar-refractivity contribution < 1.29 is 4.52 Å². The molecule has 0 aliphatic rings. The molecule has 0 saturated heterocycles. The lowest BCUT2D eigenvalue weighted by Crippen LogP contribution is -2.40. The normalized spacial score (nSPS) is 10.7. The molecule has 2 aromatic heterocycles. The molecule has 2 aromatic rings. The first kappa shape index (κ1) is 13.9. The lowest BCUT2D eigenvalue weighted by molar-refractivity contribution is 0.412. The van der Waals surface area contributed by atoms with Gasteiger partial charge in [0.2, 0.25) is 0 Å². The second-order valence-corrected chi connectivity index (χ2v) is 4.40. The van der Waals surface area contributed by atoms with Crippen LogP contribution in [0.1, 0.15) is 19.0 Å². The molecule has 0 spiro atoms. The van der Waals surface area contributed by atoms with Crippen LogP contribution in [0.2, 0.25) is 0 Å². The summed E-state index contributed by atoms with van der Waals surface area (Å²) < 4.78 is 7.13. The van der Waals surface area contributed by atoms with Gasteiger partial charge in [0, 0.05) is 19.7 Å². The van der Waals surface area contributed by atoms with Crippen LogP contribution in [0.3, 0.4) is 0 Å². The molecule has 2 heterocycles. The average molecular weight is 279 g/mol. The van der Waals surface area contributed by atoms with E-state index < -0.39 is 11.2 Å². The molecule has 3 N–H and O–H groups in total. The number of rotatable bonds is 5. The van der Waals surface area contributed by atoms with Gasteiger partial charge < -0.3 is 15.6 Å². The van der Waals surface area contributed by atoms with Gasteiger partial charge in [0.1, 0.15) is 23.5 Å². The molecule has 20 heavy (non-hydrogen) atoms. The Morgan fingerprint density at radius 2 is 2.20 bits per heavy atom. The molecule has 0 bridgehead atoms. The van der Waals surface area contributed by atoms with Crippen LogP contribution in [0.25, 0.3) is 0 Å².